The van der Waals surface area contributed by atoms with Crippen molar-refractivity contribution < 1.29 is 18.0 Å². The number of hydrogen-bond donors (Lipinski definition) is 0. The molecular formula is C19H20F3N7O2. The summed E-state index contributed by atoms with van der Waals surface area (Å²) in [5, 5.41) is 5.03. The van der Waals surface area contributed by atoms with Crippen LogP contribution in [0.3, 0.4) is 0 Å². The molecule has 0 N–H and O–H groups in total. The zero-order chi connectivity index (χ0) is 22.3. The first kappa shape index (κ1) is 20.8. The zero-order valence-corrected chi connectivity index (χ0v) is 16.9. The van der Waals surface area contributed by atoms with Crippen LogP contribution < -0.4 is 10.5 Å². The number of anilines is 1. The number of hydrogen-bond acceptors (Lipinski definition) is 6. The molecule has 0 bridgehead atoms. The number of carbonyl (C=O) groups is 1. The predicted molar refractivity (Wildman–Crippen MR) is 106 cm³/mol. The van der Waals surface area contributed by atoms with Gasteiger partial charge in [0.2, 0.25) is 5.91 Å². The van der Waals surface area contributed by atoms with Gasteiger partial charge in [-0.05, 0) is 13.0 Å². The van der Waals surface area contributed by atoms with Gasteiger partial charge in [0.1, 0.15) is 18.2 Å². The van der Waals surface area contributed by atoms with Crippen LogP contribution in [0.2, 0.25) is 0 Å². The topological polar surface area (TPSA) is 89.2 Å². The minimum Gasteiger partial charge on any atom is -0.352 e. The third-order valence-electron chi connectivity index (χ3n) is 5.23. The summed E-state index contributed by atoms with van der Waals surface area (Å²) in [7, 11) is 1.80. The molecule has 9 nitrogen and oxygen atoms in total. The number of piperazine rings is 1. The fourth-order valence-corrected chi connectivity index (χ4v) is 3.59. The van der Waals surface area contributed by atoms with Crippen LogP contribution >= 0.6 is 0 Å². The molecule has 4 heterocycles. The molecule has 31 heavy (non-hydrogen) atoms. The number of pyridine rings is 1. The van der Waals surface area contributed by atoms with Crippen LogP contribution in [0, 0.1) is 6.92 Å². The fourth-order valence-electron chi connectivity index (χ4n) is 3.59. The van der Waals surface area contributed by atoms with E-state index in [9.17, 15) is 22.8 Å². The lowest BCUT2D eigenvalue weighted by atomic mass is 10.2. The molecule has 3 aromatic rings. The summed E-state index contributed by atoms with van der Waals surface area (Å²) >= 11 is 0. The van der Waals surface area contributed by atoms with E-state index in [1.54, 1.807) is 24.9 Å². The Balaban J connectivity index is 1.46. The van der Waals surface area contributed by atoms with E-state index >= 15 is 0 Å². The van der Waals surface area contributed by atoms with Gasteiger partial charge in [-0.25, -0.2) is 9.97 Å². The van der Waals surface area contributed by atoms with Crippen LogP contribution in [0.1, 0.15) is 11.4 Å². The third-order valence-corrected chi connectivity index (χ3v) is 5.23. The maximum Gasteiger partial charge on any atom is 0.417 e. The minimum absolute atomic E-state index is 0.358. The molecule has 4 rings (SSSR count). The first-order valence-electron chi connectivity index (χ1n) is 9.60. The largest absolute Gasteiger partial charge is 0.417 e. The van der Waals surface area contributed by atoms with Crippen LogP contribution in [0.4, 0.5) is 19.0 Å². The number of rotatable bonds is 3. The number of aryl methyl sites for hydroxylation is 2. The second-order valence-corrected chi connectivity index (χ2v) is 7.35. The number of fused-ring (bicyclic) bond motifs is 1. The summed E-state index contributed by atoms with van der Waals surface area (Å²) in [5.41, 5.74) is -0.912. The van der Waals surface area contributed by atoms with Crippen molar-refractivity contribution in [2.75, 3.05) is 31.1 Å². The van der Waals surface area contributed by atoms with Crippen LogP contribution in [0.25, 0.3) is 11.0 Å². The highest BCUT2D eigenvalue weighted by Gasteiger charge is 2.31. The molecule has 0 aromatic carbocycles. The molecule has 1 fully saturated rings. The van der Waals surface area contributed by atoms with Gasteiger partial charge >= 0.3 is 6.18 Å². The molecule has 0 spiro atoms. The smallest absolute Gasteiger partial charge is 0.352 e. The molecule has 0 aliphatic carbocycles. The molecule has 0 radical (unpaired) electrons. The van der Waals surface area contributed by atoms with Crippen molar-refractivity contribution in [3.8, 4) is 0 Å². The van der Waals surface area contributed by atoms with Gasteiger partial charge in [-0.15, -0.1) is 0 Å². The molecule has 3 aromatic heterocycles. The molecule has 164 valence electrons. The van der Waals surface area contributed by atoms with Gasteiger partial charge in [0.05, 0.1) is 17.1 Å². The quantitative estimate of drug-likeness (QED) is 0.614. The summed E-state index contributed by atoms with van der Waals surface area (Å²) in [5.74, 6) is 0.928. The number of nitrogens with zero attached hydrogens (tertiary/aromatic N) is 7. The fraction of sp³-hybridized carbons (Fsp3) is 0.421. The first-order valence-corrected chi connectivity index (χ1v) is 9.60. The van der Waals surface area contributed by atoms with Crippen LogP contribution in [-0.4, -0.2) is 61.3 Å². The second kappa shape index (κ2) is 7.67. The van der Waals surface area contributed by atoms with Gasteiger partial charge in [-0.3, -0.25) is 14.3 Å². The first-order chi connectivity index (χ1) is 14.6. The van der Waals surface area contributed by atoms with E-state index in [1.807, 2.05) is 4.90 Å². The van der Waals surface area contributed by atoms with E-state index in [2.05, 4.69) is 15.1 Å². The Morgan fingerprint density at radius 2 is 1.84 bits per heavy atom. The van der Waals surface area contributed by atoms with Gasteiger partial charge in [-0.1, -0.05) is 0 Å². The molecule has 0 unspecified atom stereocenters. The van der Waals surface area contributed by atoms with E-state index in [-0.39, 0.29) is 0 Å². The average Bonchev–Trinajstić information content (AvgIpc) is 3.09. The van der Waals surface area contributed by atoms with Crippen LogP contribution in [0.15, 0.2) is 29.3 Å². The number of alkyl halides is 3. The molecule has 1 aliphatic rings. The lowest BCUT2D eigenvalue weighted by molar-refractivity contribution is -0.138. The van der Waals surface area contributed by atoms with Crippen LogP contribution in [0.5, 0.6) is 0 Å². The Morgan fingerprint density at radius 1 is 1.13 bits per heavy atom. The van der Waals surface area contributed by atoms with E-state index in [0.717, 1.165) is 21.8 Å². The van der Waals surface area contributed by atoms with Crippen molar-refractivity contribution in [1.29, 1.82) is 0 Å². The van der Waals surface area contributed by atoms with Crippen molar-refractivity contribution in [2.24, 2.45) is 7.05 Å². The Kier molecular flexibility index (Phi) is 5.15. The number of carbonyl (C=O) groups excluding carboxylic acids is 1. The summed E-state index contributed by atoms with van der Waals surface area (Å²) < 4.78 is 41.2. The maximum absolute atomic E-state index is 12.9. The van der Waals surface area contributed by atoms with Gasteiger partial charge < -0.3 is 14.4 Å². The molecule has 0 atom stereocenters. The molecular weight excluding hydrogens is 415 g/mol. The average molecular weight is 435 g/mol. The highest BCUT2D eigenvalue weighted by molar-refractivity contribution is 5.87. The van der Waals surface area contributed by atoms with Crippen LogP contribution in [-0.2, 0) is 24.6 Å². The molecule has 1 amide bonds. The molecule has 12 heteroatoms. The van der Waals surface area contributed by atoms with Crippen molar-refractivity contribution in [3.05, 3.63) is 46.3 Å². The zero-order valence-electron chi connectivity index (χ0n) is 16.9. The minimum atomic E-state index is -4.59. The maximum atomic E-state index is 12.9. The van der Waals surface area contributed by atoms with Gasteiger partial charge in [0.25, 0.3) is 5.56 Å². The van der Waals surface area contributed by atoms with Gasteiger partial charge in [0, 0.05) is 45.5 Å². The lowest BCUT2D eigenvalue weighted by Crippen LogP contribution is -2.50. The summed E-state index contributed by atoms with van der Waals surface area (Å²) in [6.07, 6.45) is -2.21. The van der Waals surface area contributed by atoms with E-state index in [0.29, 0.717) is 49.9 Å². The predicted octanol–water partition coefficient (Wildman–Crippen LogP) is 1.20. The van der Waals surface area contributed by atoms with Crippen molar-refractivity contribution in [2.45, 2.75) is 19.6 Å². The van der Waals surface area contributed by atoms with E-state index in [1.165, 1.54) is 4.90 Å². The highest BCUT2D eigenvalue weighted by atomic mass is 19.4. The normalized spacial score (nSPS) is 15.0. The Bertz CT molecular complexity index is 1190. The standard InChI is InChI=1S/C19H20F3N7O2/c1-12-24-17-14(9-23-26(17)2)18(25-12)28-7-5-27(6-8-28)16(31)11-29-10-13(19(20,21)22)3-4-15(29)30/h3-4,9-10H,5-8,11H2,1-2H3. The molecule has 1 aliphatic heterocycles. The Labute approximate surface area is 174 Å². The van der Waals surface area contributed by atoms with Crippen molar-refractivity contribution in [3.63, 3.8) is 0 Å². The number of halogens is 3. The van der Waals surface area contributed by atoms with Crippen molar-refractivity contribution >= 4 is 22.8 Å². The lowest BCUT2D eigenvalue weighted by Gasteiger charge is -2.35. The van der Waals surface area contributed by atoms with Crippen molar-refractivity contribution in [1.82, 2.24) is 29.2 Å². The summed E-state index contributed by atoms with van der Waals surface area (Å²) in [6.45, 7) is 3.05. The third kappa shape index (κ3) is 4.09. The molecule has 0 saturated carbocycles. The summed E-state index contributed by atoms with van der Waals surface area (Å²) in [6, 6.07) is 1.54. The Hall–Kier alpha value is -3.44. The summed E-state index contributed by atoms with van der Waals surface area (Å²) in [4.78, 5) is 37.0. The Morgan fingerprint density at radius 3 is 2.52 bits per heavy atom. The highest BCUT2D eigenvalue weighted by Crippen LogP contribution is 2.28. The van der Waals surface area contributed by atoms with E-state index < -0.39 is 29.8 Å². The second-order valence-electron chi connectivity index (χ2n) is 7.35. The molecule has 1 saturated heterocycles. The van der Waals surface area contributed by atoms with E-state index in [4.69, 9.17) is 0 Å². The van der Waals surface area contributed by atoms with Gasteiger partial charge in [-0.2, -0.15) is 18.3 Å². The monoisotopic (exact) mass is 435 g/mol. The SMILES string of the molecule is Cc1nc(N2CCN(C(=O)Cn3cc(C(F)(F)F)ccc3=O)CC2)c2cnn(C)c2n1. The number of amides is 1. The van der Waals surface area contributed by atoms with Gasteiger partial charge in [0.15, 0.2) is 5.65 Å². The number of aromatic nitrogens is 5.